The van der Waals surface area contributed by atoms with Gasteiger partial charge in [-0.25, -0.2) is 0 Å². The van der Waals surface area contributed by atoms with Crippen molar-refractivity contribution in [3.63, 3.8) is 0 Å². The van der Waals surface area contributed by atoms with Gasteiger partial charge in [0.15, 0.2) is 0 Å². The van der Waals surface area contributed by atoms with E-state index < -0.39 is 0 Å². The van der Waals surface area contributed by atoms with Gasteiger partial charge in [0.2, 0.25) is 5.91 Å². The van der Waals surface area contributed by atoms with Crippen molar-refractivity contribution in [2.45, 2.75) is 32.2 Å². The molecule has 108 valence electrons. The Morgan fingerprint density at radius 2 is 1.57 bits per heavy atom. The largest absolute Gasteiger partial charge is 0.304 e. The quantitative estimate of drug-likeness (QED) is 0.733. The Balaban J connectivity index is 1.91. The summed E-state index contributed by atoms with van der Waals surface area (Å²) in [5, 5.41) is 0. The summed E-state index contributed by atoms with van der Waals surface area (Å²) in [5.74, 6) is 0.399. The average Bonchev–Trinajstić information content (AvgIpc) is 2.54. The number of carbonyl (C=O) groups is 1. The highest BCUT2D eigenvalue weighted by Gasteiger charge is 2.47. The van der Waals surface area contributed by atoms with Crippen LogP contribution in [0.5, 0.6) is 0 Å². The first-order chi connectivity index (χ1) is 10.3. The Bertz CT molecular complexity index is 593. The molecule has 3 rings (SSSR count). The fourth-order valence-corrected chi connectivity index (χ4v) is 3.16. The average molecular weight is 279 g/mol. The molecule has 1 aliphatic heterocycles. The molecule has 0 radical (unpaired) electrons. The molecular formula is C19H21NO. The van der Waals surface area contributed by atoms with Crippen molar-refractivity contribution in [2.75, 3.05) is 4.90 Å². The standard InChI is InChI=1S/C19H21NO/c1-2-3-14-17-18(15-10-6-4-7-11-15)20(19(17)21)16-12-8-5-9-13-16/h4-13,17-18H,2-3,14H2,1H3/t17-,18-/m0/s1. The molecule has 0 unspecified atom stereocenters. The molecule has 1 fully saturated rings. The number of anilines is 1. The third kappa shape index (κ3) is 2.58. The fourth-order valence-electron chi connectivity index (χ4n) is 3.16. The second-order valence-corrected chi connectivity index (χ2v) is 5.65. The van der Waals surface area contributed by atoms with Gasteiger partial charge in [0.25, 0.3) is 0 Å². The first-order valence-corrected chi connectivity index (χ1v) is 7.76. The fraction of sp³-hybridized carbons (Fsp3) is 0.316. The van der Waals surface area contributed by atoms with Gasteiger partial charge in [0.05, 0.1) is 12.0 Å². The molecule has 1 aliphatic rings. The van der Waals surface area contributed by atoms with Crippen LogP contribution in [0.4, 0.5) is 5.69 Å². The van der Waals surface area contributed by atoms with E-state index in [0.717, 1.165) is 24.9 Å². The minimum absolute atomic E-state index is 0.132. The molecule has 0 saturated carbocycles. The monoisotopic (exact) mass is 279 g/mol. The van der Waals surface area contributed by atoms with Gasteiger partial charge in [-0.2, -0.15) is 0 Å². The van der Waals surface area contributed by atoms with E-state index in [4.69, 9.17) is 0 Å². The van der Waals surface area contributed by atoms with Crippen LogP contribution in [0.15, 0.2) is 60.7 Å². The van der Waals surface area contributed by atoms with Crippen LogP contribution in [-0.4, -0.2) is 5.91 Å². The van der Waals surface area contributed by atoms with Crippen LogP contribution in [0.1, 0.15) is 37.8 Å². The van der Waals surface area contributed by atoms with Gasteiger partial charge in [-0.3, -0.25) is 4.79 Å². The lowest BCUT2D eigenvalue weighted by molar-refractivity contribution is -0.130. The van der Waals surface area contributed by atoms with Crippen molar-refractivity contribution in [3.05, 3.63) is 66.2 Å². The smallest absolute Gasteiger partial charge is 0.233 e. The molecule has 0 aromatic heterocycles. The van der Waals surface area contributed by atoms with Crippen LogP contribution in [0.3, 0.4) is 0 Å². The Kier molecular flexibility index (Phi) is 4.05. The van der Waals surface area contributed by atoms with E-state index in [1.807, 2.05) is 41.3 Å². The van der Waals surface area contributed by atoms with Crippen LogP contribution >= 0.6 is 0 Å². The Morgan fingerprint density at radius 3 is 2.19 bits per heavy atom. The Labute approximate surface area is 126 Å². The van der Waals surface area contributed by atoms with E-state index >= 15 is 0 Å². The van der Waals surface area contributed by atoms with Crippen molar-refractivity contribution in [1.29, 1.82) is 0 Å². The highest BCUT2D eigenvalue weighted by molar-refractivity contribution is 6.03. The van der Waals surface area contributed by atoms with Crippen LogP contribution in [-0.2, 0) is 4.79 Å². The van der Waals surface area contributed by atoms with E-state index in [9.17, 15) is 4.79 Å². The maximum absolute atomic E-state index is 12.6. The molecule has 2 nitrogen and oxygen atoms in total. The van der Waals surface area contributed by atoms with Crippen molar-refractivity contribution < 1.29 is 4.79 Å². The minimum atomic E-state index is 0.132. The van der Waals surface area contributed by atoms with Gasteiger partial charge in [0.1, 0.15) is 0 Å². The van der Waals surface area contributed by atoms with E-state index in [1.54, 1.807) is 0 Å². The van der Waals surface area contributed by atoms with Crippen LogP contribution in [0.2, 0.25) is 0 Å². The molecule has 0 aliphatic carbocycles. The SMILES string of the molecule is CCCC[C@@H]1C(=O)N(c2ccccc2)[C@H]1c1ccccc1. The minimum Gasteiger partial charge on any atom is -0.304 e. The molecule has 1 amide bonds. The number of nitrogens with zero attached hydrogens (tertiary/aromatic N) is 1. The molecular weight excluding hydrogens is 258 g/mol. The first kappa shape index (κ1) is 13.9. The number of rotatable bonds is 5. The summed E-state index contributed by atoms with van der Waals surface area (Å²) in [7, 11) is 0. The predicted octanol–water partition coefficient (Wildman–Crippen LogP) is 4.58. The van der Waals surface area contributed by atoms with Gasteiger partial charge >= 0.3 is 0 Å². The number of hydrogen-bond donors (Lipinski definition) is 0. The number of unbranched alkanes of at least 4 members (excludes halogenated alkanes) is 1. The van der Waals surface area contributed by atoms with Crippen molar-refractivity contribution in [2.24, 2.45) is 5.92 Å². The lowest BCUT2D eigenvalue weighted by Gasteiger charge is -2.47. The number of para-hydroxylation sites is 1. The second-order valence-electron chi connectivity index (χ2n) is 5.65. The zero-order valence-corrected chi connectivity index (χ0v) is 12.4. The van der Waals surface area contributed by atoms with Crippen LogP contribution < -0.4 is 4.90 Å². The maximum atomic E-state index is 12.6. The molecule has 2 atom stereocenters. The van der Waals surface area contributed by atoms with Gasteiger partial charge < -0.3 is 4.90 Å². The van der Waals surface area contributed by atoms with Gasteiger partial charge in [-0.05, 0) is 24.1 Å². The summed E-state index contributed by atoms with van der Waals surface area (Å²) in [5.41, 5.74) is 2.24. The predicted molar refractivity (Wildman–Crippen MR) is 86.1 cm³/mol. The number of amides is 1. The molecule has 2 aromatic rings. The van der Waals surface area contributed by atoms with Crippen LogP contribution in [0.25, 0.3) is 0 Å². The second kappa shape index (κ2) is 6.13. The Morgan fingerprint density at radius 1 is 0.952 bits per heavy atom. The molecule has 21 heavy (non-hydrogen) atoms. The van der Waals surface area contributed by atoms with Gasteiger partial charge in [0, 0.05) is 5.69 Å². The topological polar surface area (TPSA) is 20.3 Å². The molecule has 2 heteroatoms. The molecule has 1 heterocycles. The molecule has 1 saturated heterocycles. The maximum Gasteiger partial charge on any atom is 0.233 e. The van der Waals surface area contributed by atoms with Crippen molar-refractivity contribution in [1.82, 2.24) is 0 Å². The van der Waals surface area contributed by atoms with E-state index in [1.165, 1.54) is 5.56 Å². The third-order valence-corrected chi connectivity index (χ3v) is 4.26. The lowest BCUT2D eigenvalue weighted by atomic mass is 9.79. The normalized spacial score (nSPS) is 21.2. The molecule has 0 spiro atoms. The summed E-state index contributed by atoms with van der Waals surface area (Å²) in [4.78, 5) is 14.5. The highest BCUT2D eigenvalue weighted by Crippen LogP contribution is 2.45. The molecule has 0 N–H and O–H groups in total. The van der Waals surface area contributed by atoms with Gasteiger partial charge in [-0.15, -0.1) is 0 Å². The Hall–Kier alpha value is -2.09. The van der Waals surface area contributed by atoms with Crippen molar-refractivity contribution >= 4 is 11.6 Å². The number of hydrogen-bond acceptors (Lipinski definition) is 1. The molecule has 2 aromatic carbocycles. The summed E-state index contributed by atoms with van der Waals surface area (Å²) >= 11 is 0. The first-order valence-electron chi connectivity index (χ1n) is 7.76. The highest BCUT2D eigenvalue weighted by atomic mass is 16.2. The summed E-state index contributed by atoms with van der Waals surface area (Å²) in [6.45, 7) is 2.18. The number of carbonyl (C=O) groups excluding carboxylic acids is 1. The number of benzene rings is 2. The summed E-state index contributed by atoms with van der Waals surface area (Å²) in [6, 6.07) is 20.6. The van der Waals surface area contributed by atoms with Gasteiger partial charge in [-0.1, -0.05) is 68.3 Å². The zero-order valence-electron chi connectivity index (χ0n) is 12.4. The third-order valence-electron chi connectivity index (χ3n) is 4.26. The van der Waals surface area contributed by atoms with E-state index in [-0.39, 0.29) is 17.9 Å². The number of β-lactam (4-membered cyclic amide) rings is 1. The lowest BCUT2D eigenvalue weighted by Crippen LogP contribution is -2.55. The molecule has 0 bridgehead atoms. The van der Waals surface area contributed by atoms with Crippen LogP contribution in [0, 0.1) is 5.92 Å². The summed E-state index contributed by atoms with van der Waals surface area (Å²) < 4.78 is 0. The van der Waals surface area contributed by atoms with E-state index in [0.29, 0.717) is 0 Å². The summed E-state index contributed by atoms with van der Waals surface area (Å²) in [6.07, 6.45) is 3.23. The van der Waals surface area contributed by atoms with Crippen molar-refractivity contribution in [3.8, 4) is 0 Å². The van der Waals surface area contributed by atoms with E-state index in [2.05, 4.69) is 31.2 Å². The zero-order chi connectivity index (χ0) is 14.7.